The molecule has 1 amide bonds. The van der Waals surface area contributed by atoms with Crippen LogP contribution in [0.1, 0.15) is 31.7 Å². The van der Waals surface area contributed by atoms with E-state index in [0.29, 0.717) is 5.96 Å². The molecule has 3 rings (SSSR count). The number of anilines is 1. The minimum Gasteiger partial charge on any atom is -0.355 e. The van der Waals surface area contributed by atoms with E-state index in [-0.39, 0.29) is 17.2 Å². The van der Waals surface area contributed by atoms with Crippen molar-refractivity contribution in [3.8, 4) is 0 Å². The topological polar surface area (TPSA) is 56.7 Å². The second-order valence-corrected chi connectivity index (χ2v) is 8.64. The fraction of sp³-hybridized carbons (Fsp3) is 0.579. The summed E-state index contributed by atoms with van der Waals surface area (Å²) in [4.78, 5) is 18.8. The lowest BCUT2D eigenvalue weighted by Gasteiger charge is -2.30. The van der Waals surface area contributed by atoms with Crippen LogP contribution in [0.5, 0.6) is 0 Å². The maximum absolute atomic E-state index is 12.7. The molecular weight excluding hydrogens is 332 g/mol. The molecule has 136 valence electrons. The van der Waals surface area contributed by atoms with Crippen molar-refractivity contribution in [2.45, 2.75) is 37.4 Å². The molecule has 0 spiro atoms. The minimum atomic E-state index is 0.0940. The number of para-hydroxylation sites is 1. The molecule has 1 saturated heterocycles. The third-order valence-electron chi connectivity index (χ3n) is 4.97. The maximum Gasteiger partial charge on any atom is 0.246 e. The first kappa shape index (κ1) is 18.1. The average molecular weight is 361 g/mol. The zero-order chi connectivity index (χ0) is 17.7. The summed E-state index contributed by atoms with van der Waals surface area (Å²) in [5, 5.41) is 6.55. The number of amides is 1. The summed E-state index contributed by atoms with van der Waals surface area (Å²) in [7, 11) is 1.75. The molecule has 0 aromatic heterocycles. The van der Waals surface area contributed by atoms with Gasteiger partial charge in [0.1, 0.15) is 0 Å². The van der Waals surface area contributed by atoms with Gasteiger partial charge < -0.3 is 15.5 Å². The molecule has 1 unspecified atom stereocenters. The molecule has 1 fully saturated rings. The van der Waals surface area contributed by atoms with Crippen molar-refractivity contribution in [2.24, 2.45) is 4.99 Å². The first-order chi connectivity index (χ1) is 12.1. The third kappa shape index (κ3) is 4.48. The van der Waals surface area contributed by atoms with Gasteiger partial charge in [-0.1, -0.05) is 18.2 Å². The SMILES string of the molecule is CN=C(NCC(=O)N1CCCc2ccccc21)NCC1(C)CCCS1. The molecule has 1 aromatic rings. The van der Waals surface area contributed by atoms with E-state index < -0.39 is 0 Å². The number of aryl methyl sites for hydroxylation is 1. The molecule has 0 radical (unpaired) electrons. The summed E-state index contributed by atoms with van der Waals surface area (Å²) in [6.07, 6.45) is 4.57. The number of carbonyl (C=O) groups is 1. The van der Waals surface area contributed by atoms with Crippen molar-refractivity contribution in [1.82, 2.24) is 10.6 Å². The van der Waals surface area contributed by atoms with Crippen LogP contribution in [0.25, 0.3) is 0 Å². The Balaban J connectivity index is 1.53. The zero-order valence-corrected chi connectivity index (χ0v) is 16.0. The Morgan fingerprint density at radius 2 is 2.16 bits per heavy atom. The predicted octanol–water partition coefficient (Wildman–Crippen LogP) is 2.42. The maximum atomic E-state index is 12.7. The van der Waals surface area contributed by atoms with Gasteiger partial charge in [-0.05, 0) is 50.0 Å². The van der Waals surface area contributed by atoms with Gasteiger partial charge in [-0.25, -0.2) is 0 Å². The number of hydrogen-bond acceptors (Lipinski definition) is 3. The summed E-state index contributed by atoms with van der Waals surface area (Å²) in [5.74, 6) is 2.03. The Hall–Kier alpha value is -1.69. The van der Waals surface area contributed by atoms with E-state index in [1.807, 2.05) is 34.9 Å². The molecule has 2 heterocycles. The van der Waals surface area contributed by atoms with Crippen LogP contribution in [0.3, 0.4) is 0 Å². The summed E-state index contributed by atoms with van der Waals surface area (Å²) in [6, 6.07) is 8.19. The van der Waals surface area contributed by atoms with Gasteiger partial charge in [0.15, 0.2) is 5.96 Å². The largest absolute Gasteiger partial charge is 0.355 e. The Kier molecular flexibility index (Phi) is 5.89. The summed E-state index contributed by atoms with van der Waals surface area (Å²) in [5.41, 5.74) is 2.31. The van der Waals surface area contributed by atoms with Crippen molar-refractivity contribution >= 4 is 29.3 Å². The van der Waals surface area contributed by atoms with Gasteiger partial charge in [-0.15, -0.1) is 0 Å². The summed E-state index contributed by atoms with van der Waals surface area (Å²) < 4.78 is 0.271. The molecule has 1 aromatic carbocycles. The van der Waals surface area contributed by atoms with Crippen LogP contribution in [-0.4, -0.2) is 49.0 Å². The zero-order valence-electron chi connectivity index (χ0n) is 15.2. The number of thioether (sulfide) groups is 1. The van der Waals surface area contributed by atoms with Gasteiger partial charge in [0.25, 0.3) is 0 Å². The summed E-state index contributed by atoms with van der Waals surface area (Å²) >= 11 is 2.02. The first-order valence-corrected chi connectivity index (χ1v) is 10.1. The number of benzene rings is 1. The third-order valence-corrected chi connectivity index (χ3v) is 6.51. The normalized spacial score (nSPS) is 23.3. The lowest BCUT2D eigenvalue weighted by atomic mass is 10.0. The van der Waals surface area contributed by atoms with Crippen LogP contribution in [0.15, 0.2) is 29.3 Å². The molecule has 2 aliphatic rings. The quantitative estimate of drug-likeness (QED) is 0.640. The minimum absolute atomic E-state index is 0.0940. The van der Waals surface area contributed by atoms with Crippen LogP contribution in [0, 0.1) is 0 Å². The molecule has 1 atom stereocenters. The van der Waals surface area contributed by atoms with Gasteiger partial charge in [0.2, 0.25) is 5.91 Å². The fourth-order valence-electron chi connectivity index (χ4n) is 3.52. The van der Waals surface area contributed by atoms with Crippen LogP contribution < -0.4 is 15.5 Å². The molecule has 0 saturated carbocycles. The fourth-order valence-corrected chi connectivity index (χ4v) is 4.76. The number of aliphatic imine (C=N–C) groups is 1. The van der Waals surface area contributed by atoms with E-state index in [0.717, 1.165) is 31.6 Å². The van der Waals surface area contributed by atoms with E-state index in [9.17, 15) is 4.79 Å². The highest BCUT2D eigenvalue weighted by Gasteiger charge is 2.29. The van der Waals surface area contributed by atoms with Gasteiger partial charge in [0, 0.05) is 30.6 Å². The molecule has 2 aliphatic heterocycles. The number of nitrogens with one attached hydrogen (secondary N) is 2. The standard InChI is InChI=1S/C19H28N4OS/c1-19(10-6-12-25-19)14-22-18(20-2)21-13-17(24)23-11-5-8-15-7-3-4-9-16(15)23/h3-4,7,9H,5-6,8,10-14H2,1-2H3,(H2,20,21,22). The second-order valence-electron chi connectivity index (χ2n) is 6.96. The lowest BCUT2D eigenvalue weighted by Crippen LogP contribution is -2.48. The van der Waals surface area contributed by atoms with Crippen LogP contribution in [-0.2, 0) is 11.2 Å². The second kappa shape index (κ2) is 8.13. The van der Waals surface area contributed by atoms with E-state index >= 15 is 0 Å². The van der Waals surface area contributed by atoms with Gasteiger partial charge in [-0.2, -0.15) is 11.8 Å². The first-order valence-electron chi connectivity index (χ1n) is 9.08. The highest BCUT2D eigenvalue weighted by atomic mass is 32.2. The van der Waals surface area contributed by atoms with Gasteiger partial charge in [-0.3, -0.25) is 9.79 Å². The van der Waals surface area contributed by atoms with E-state index in [2.05, 4.69) is 28.6 Å². The molecule has 25 heavy (non-hydrogen) atoms. The van der Waals surface area contributed by atoms with Crippen LogP contribution in [0.2, 0.25) is 0 Å². The number of fused-ring (bicyclic) bond motifs is 1. The number of nitrogens with zero attached hydrogens (tertiary/aromatic N) is 2. The van der Waals surface area contributed by atoms with Crippen molar-refractivity contribution in [3.63, 3.8) is 0 Å². The Morgan fingerprint density at radius 3 is 2.92 bits per heavy atom. The van der Waals surface area contributed by atoms with Crippen LogP contribution in [0.4, 0.5) is 5.69 Å². The number of guanidine groups is 1. The van der Waals surface area contributed by atoms with E-state index in [4.69, 9.17) is 0 Å². The molecule has 5 nitrogen and oxygen atoms in total. The van der Waals surface area contributed by atoms with Crippen molar-refractivity contribution in [1.29, 1.82) is 0 Å². The molecule has 0 aliphatic carbocycles. The number of carbonyl (C=O) groups excluding carboxylic acids is 1. The van der Waals surface area contributed by atoms with Crippen molar-refractivity contribution < 1.29 is 4.79 Å². The monoisotopic (exact) mass is 360 g/mol. The Morgan fingerprint density at radius 1 is 1.32 bits per heavy atom. The molecule has 0 bridgehead atoms. The number of hydrogen-bond donors (Lipinski definition) is 2. The average Bonchev–Trinajstić information content (AvgIpc) is 3.08. The highest BCUT2D eigenvalue weighted by molar-refractivity contribution is 8.00. The van der Waals surface area contributed by atoms with Crippen molar-refractivity contribution in [3.05, 3.63) is 29.8 Å². The van der Waals surface area contributed by atoms with Gasteiger partial charge in [0.05, 0.1) is 6.54 Å². The molecule has 2 N–H and O–H groups in total. The van der Waals surface area contributed by atoms with Gasteiger partial charge >= 0.3 is 0 Å². The predicted molar refractivity (Wildman–Crippen MR) is 107 cm³/mol. The highest BCUT2D eigenvalue weighted by Crippen LogP contribution is 2.36. The van der Waals surface area contributed by atoms with E-state index in [1.165, 1.54) is 24.2 Å². The number of rotatable bonds is 4. The Labute approximate surface area is 154 Å². The summed E-state index contributed by atoms with van der Waals surface area (Å²) in [6.45, 7) is 4.22. The smallest absolute Gasteiger partial charge is 0.246 e. The van der Waals surface area contributed by atoms with Crippen LogP contribution >= 0.6 is 11.8 Å². The van der Waals surface area contributed by atoms with Crippen molar-refractivity contribution in [2.75, 3.05) is 37.3 Å². The van der Waals surface area contributed by atoms with E-state index in [1.54, 1.807) is 7.05 Å². The lowest BCUT2D eigenvalue weighted by molar-refractivity contribution is -0.117. The molecular formula is C19H28N4OS. The Bertz CT molecular complexity index is 640. The molecule has 6 heteroatoms.